The minimum Gasteiger partial charge on any atom is -0.480 e. The largest absolute Gasteiger partial charge is 0.480 e. The molecule has 0 aromatic carbocycles. The normalized spacial score (nSPS) is 10.1. The number of amides is 1. The van der Waals surface area contributed by atoms with Crippen LogP contribution in [0.5, 0.6) is 0 Å². The molecule has 1 aromatic heterocycles. The zero-order chi connectivity index (χ0) is 13.9. The Kier molecular flexibility index (Phi) is 5.29. The van der Waals surface area contributed by atoms with Gasteiger partial charge >= 0.3 is 11.9 Å². The van der Waals surface area contributed by atoms with Gasteiger partial charge in [-0.3, -0.25) is 14.4 Å². The van der Waals surface area contributed by atoms with Gasteiger partial charge in [-0.15, -0.1) is 11.3 Å². The average Bonchev–Trinajstić information content (AvgIpc) is 2.56. The molecule has 1 rings (SSSR count). The smallest absolute Gasteiger partial charge is 0.323 e. The van der Waals surface area contributed by atoms with Crippen molar-refractivity contribution in [2.45, 2.75) is 0 Å². The summed E-state index contributed by atoms with van der Waals surface area (Å²) in [6.07, 6.45) is 0. The number of halogens is 2. The van der Waals surface area contributed by atoms with E-state index in [4.69, 9.17) is 10.2 Å². The highest BCUT2D eigenvalue weighted by atomic mass is 79.9. The van der Waals surface area contributed by atoms with Gasteiger partial charge in [0, 0.05) is 4.47 Å². The molecule has 0 aliphatic carbocycles. The van der Waals surface area contributed by atoms with Gasteiger partial charge in [-0.05, 0) is 37.9 Å². The molecule has 1 heterocycles. The summed E-state index contributed by atoms with van der Waals surface area (Å²) in [5.41, 5.74) is 0. The molecule has 0 aliphatic heterocycles. The molecule has 9 heteroatoms. The lowest BCUT2D eigenvalue weighted by atomic mass is 10.3. The Morgan fingerprint density at radius 3 is 2.00 bits per heavy atom. The minimum atomic E-state index is -1.26. The molecule has 0 fully saturated rings. The second-order valence-electron chi connectivity index (χ2n) is 3.18. The van der Waals surface area contributed by atoms with Crippen molar-refractivity contribution in [1.29, 1.82) is 0 Å². The first-order valence-corrected chi connectivity index (χ1v) is 6.89. The SMILES string of the molecule is O=C(O)CN(CC(=O)O)C(=O)c1cc(Br)c(Br)s1. The van der Waals surface area contributed by atoms with E-state index in [1.807, 2.05) is 0 Å². The fraction of sp³-hybridized carbons (Fsp3) is 0.222. The molecule has 6 nitrogen and oxygen atoms in total. The summed E-state index contributed by atoms with van der Waals surface area (Å²) in [4.78, 5) is 34.2. The number of hydrogen-bond donors (Lipinski definition) is 2. The molecule has 0 saturated heterocycles. The highest BCUT2D eigenvalue weighted by Gasteiger charge is 2.23. The third kappa shape index (κ3) is 4.07. The highest BCUT2D eigenvalue weighted by Crippen LogP contribution is 2.32. The molecule has 0 bridgehead atoms. The van der Waals surface area contributed by atoms with Gasteiger partial charge in [-0.25, -0.2) is 0 Å². The molecular formula is C9H7Br2NO5S. The molecule has 1 amide bonds. The zero-order valence-electron chi connectivity index (χ0n) is 8.72. The Morgan fingerprint density at radius 2 is 1.67 bits per heavy atom. The Labute approximate surface area is 122 Å². The third-order valence-electron chi connectivity index (χ3n) is 1.80. The van der Waals surface area contributed by atoms with Crippen molar-refractivity contribution in [2.75, 3.05) is 13.1 Å². The first kappa shape index (κ1) is 15.1. The number of hydrogen-bond acceptors (Lipinski definition) is 4. The number of carboxylic acid groups (broad SMARTS) is 2. The van der Waals surface area contributed by atoms with Crippen LogP contribution in [-0.4, -0.2) is 46.0 Å². The minimum absolute atomic E-state index is 0.260. The maximum atomic E-state index is 11.9. The van der Waals surface area contributed by atoms with Crippen LogP contribution in [0.1, 0.15) is 9.67 Å². The van der Waals surface area contributed by atoms with E-state index in [-0.39, 0.29) is 4.88 Å². The van der Waals surface area contributed by atoms with Crippen LogP contribution in [0.4, 0.5) is 0 Å². The fourth-order valence-electron chi connectivity index (χ4n) is 1.13. The summed E-state index contributed by atoms with van der Waals surface area (Å²) in [7, 11) is 0. The van der Waals surface area contributed by atoms with Crippen molar-refractivity contribution < 1.29 is 24.6 Å². The van der Waals surface area contributed by atoms with E-state index >= 15 is 0 Å². The van der Waals surface area contributed by atoms with Crippen LogP contribution >= 0.6 is 43.2 Å². The van der Waals surface area contributed by atoms with Crippen LogP contribution in [0.2, 0.25) is 0 Å². The number of nitrogens with zero attached hydrogens (tertiary/aromatic N) is 1. The molecule has 2 N–H and O–H groups in total. The van der Waals surface area contributed by atoms with Gasteiger partial charge in [0.05, 0.1) is 8.66 Å². The summed E-state index contributed by atoms with van der Waals surface area (Å²) in [5, 5.41) is 17.3. The summed E-state index contributed by atoms with van der Waals surface area (Å²) in [6, 6.07) is 1.51. The van der Waals surface area contributed by atoms with E-state index in [9.17, 15) is 14.4 Å². The summed E-state index contributed by atoms with van der Waals surface area (Å²) in [5.74, 6) is -3.16. The molecule has 0 atom stereocenters. The number of carboxylic acids is 2. The quantitative estimate of drug-likeness (QED) is 0.786. The van der Waals surface area contributed by atoms with Crippen molar-refractivity contribution in [1.82, 2.24) is 4.90 Å². The molecule has 0 unspecified atom stereocenters. The number of thiophene rings is 1. The molecule has 18 heavy (non-hydrogen) atoms. The molecule has 0 spiro atoms. The van der Waals surface area contributed by atoms with Crippen LogP contribution in [0, 0.1) is 0 Å². The second kappa shape index (κ2) is 6.30. The highest BCUT2D eigenvalue weighted by molar-refractivity contribution is 9.13. The van der Waals surface area contributed by atoms with Gasteiger partial charge < -0.3 is 15.1 Å². The summed E-state index contributed by atoms with van der Waals surface area (Å²) >= 11 is 7.50. The predicted molar refractivity (Wildman–Crippen MR) is 70.9 cm³/mol. The monoisotopic (exact) mass is 399 g/mol. The van der Waals surface area contributed by atoms with Crippen molar-refractivity contribution in [2.24, 2.45) is 0 Å². The number of carbonyl (C=O) groups excluding carboxylic acids is 1. The Bertz CT molecular complexity index is 466. The molecular weight excluding hydrogens is 394 g/mol. The lowest BCUT2D eigenvalue weighted by Crippen LogP contribution is -2.39. The third-order valence-corrected chi connectivity index (χ3v) is 5.04. The van der Waals surface area contributed by atoms with Crippen LogP contribution in [-0.2, 0) is 9.59 Å². The van der Waals surface area contributed by atoms with Gasteiger partial charge in [0.25, 0.3) is 5.91 Å². The maximum Gasteiger partial charge on any atom is 0.323 e. The number of rotatable bonds is 5. The lowest BCUT2D eigenvalue weighted by Gasteiger charge is -2.17. The van der Waals surface area contributed by atoms with E-state index in [1.165, 1.54) is 6.07 Å². The van der Waals surface area contributed by atoms with Crippen LogP contribution in [0.3, 0.4) is 0 Å². The van der Waals surface area contributed by atoms with Gasteiger partial charge in [-0.2, -0.15) is 0 Å². The van der Waals surface area contributed by atoms with Gasteiger partial charge in [-0.1, -0.05) is 0 Å². The topological polar surface area (TPSA) is 94.9 Å². The van der Waals surface area contributed by atoms with Gasteiger partial charge in [0.2, 0.25) is 0 Å². The standard InChI is InChI=1S/C9H7Br2NO5S/c10-4-1-5(18-8(4)11)9(17)12(2-6(13)14)3-7(15)16/h1H,2-3H2,(H,13,14)(H,15,16). The second-order valence-corrected chi connectivity index (χ2v) is 6.41. The predicted octanol–water partition coefficient (Wildman–Crippen LogP) is 1.88. The fourth-order valence-corrected chi connectivity index (χ4v) is 3.14. The van der Waals surface area contributed by atoms with Gasteiger partial charge in [0.1, 0.15) is 13.1 Å². The first-order chi connectivity index (χ1) is 8.31. The van der Waals surface area contributed by atoms with Crippen LogP contribution in [0.15, 0.2) is 14.3 Å². The average molecular weight is 401 g/mol. The number of carbonyl (C=O) groups is 3. The van der Waals surface area contributed by atoms with Crippen molar-refractivity contribution in [3.8, 4) is 0 Å². The Morgan fingerprint density at radius 1 is 1.17 bits per heavy atom. The summed E-state index contributed by atoms with van der Waals surface area (Å²) in [6.45, 7) is -1.31. The molecule has 98 valence electrons. The molecule has 1 aromatic rings. The van der Waals surface area contributed by atoms with E-state index < -0.39 is 30.9 Å². The number of aliphatic carboxylic acids is 2. The summed E-state index contributed by atoms with van der Waals surface area (Å²) < 4.78 is 1.33. The zero-order valence-corrected chi connectivity index (χ0v) is 12.7. The van der Waals surface area contributed by atoms with E-state index in [1.54, 1.807) is 0 Å². The first-order valence-electron chi connectivity index (χ1n) is 4.49. The van der Waals surface area contributed by atoms with Crippen molar-refractivity contribution >= 4 is 61.0 Å². The Balaban J connectivity index is 2.94. The lowest BCUT2D eigenvalue weighted by molar-refractivity contribution is -0.140. The van der Waals surface area contributed by atoms with Gasteiger partial charge in [0.15, 0.2) is 0 Å². The van der Waals surface area contributed by atoms with E-state index in [0.29, 0.717) is 8.26 Å². The molecule has 0 aliphatic rings. The Hall–Kier alpha value is -0.930. The van der Waals surface area contributed by atoms with E-state index in [0.717, 1.165) is 16.2 Å². The van der Waals surface area contributed by atoms with Crippen LogP contribution < -0.4 is 0 Å². The van der Waals surface area contributed by atoms with E-state index in [2.05, 4.69) is 31.9 Å². The molecule has 0 radical (unpaired) electrons. The molecule has 0 saturated carbocycles. The van der Waals surface area contributed by atoms with Crippen molar-refractivity contribution in [3.63, 3.8) is 0 Å². The van der Waals surface area contributed by atoms with Crippen molar-refractivity contribution in [3.05, 3.63) is 19.2 Å². The maximum absolute atomic E-state index is 11.9. The van der Waals surface area contributed by atoms with Crippen LogP contribution in [0.25, 0.3) is 0 Å².